The van der Waals surface area contributed by atoms with E-state index in [1.54, 1.807) is 0 Å². The molecule has 0 bridgehead atoms. The fourth-order valence-corrected chi connectivity index (χ4v) is 2.48. The van der Waals surface area contributed by atoms with Crippen molar-refractivity contribution in [1.82, 2.24) is 5.32 Å². The van der Waals surface area contributed by atoms with Gasteiger partial charge < -0.3 is 15.8 Å². The third-order valence-corrected chi connectivity index (χ3v) is 3.86. The van der Waals surface area contributed by atoms with Gasteiger partial charge in [-0.2, -0.15) is 0 Å². The summed E-state index contributed by atoms with van der Waals surface area (Å²) in [6, 6.07) is 7.62. The number of nitrogens with two attached hydrogens (primary N) is 1. The number of amides is 1. The van der Waals surface area contributed by atoms with Crippen molar-refractivity contribution in [2.45, 2.75) is 44.6 Å². The first-order chi connectivity index (χ1) is 9.39. The van der Waals surface area contributed by atoms with Crippen LogP contribution in [0.4, 0.5) is 5.69 Å². The number of ether oxygens (including phenoxy) is 1. The summed E-state index contributed by atoms with van der Waals surface area (Å²) in [6.07, 6.45) is 1.80. The SMILES string of the molecule is CCOC(C)(C)CNC(=O)C1(c2ccc(N)cc2)CC1. The number of anilines is 1. The molecular formula is C16H24N2O2. The van der Waals surface area contributed by atoms with Gasteiger partial charge in [0.2, 0.25) is 5.91 Å². The Hall–Kier alpha value is -1.55. The van der Waals surface area contributed by atoms with Crippen LogP contribution < -0.4 is 11.1 Å². The lowest BCUT2D eigenvalue weighted by atomic mass is 9.94. The Morgan fingerprint density at radius 3 is 2.45 bits per heavy atom. The molecule has 0 saturated heterocycles. The predicted molar refractivity (Wildman–Crippen MR) is 80.5 cm³/mol. The van der Waals surface area contributed by atoms with E-state index in [9.17, 15) is 4.79 Å². The molecule has 4 nitrogen and oxygen atoms in total. The second-order valence-corrected chi connectivity index (χ2v) is 6.08. The molecule has 0 unspecified atom stereocenters. The monoisotopic (exact) mass is 276 g/mol. The standard InChI is InChI=1S/C16H24N2O2/c1-4-20-15(2,3)11-18-14(19)16(9-10-16)12-5-7-13(17)8-6-12/h5-8H,4,9-11,17H2,1-3H3,(H,18,19). The topological polar surface area (TPSA) is 64.3 Å². The summed E-state index contributed by atoms with van der Waals surface area (Å²) < 4.78 is 5.60. The lowest BCUT2D eigenvalue weighted by Gasteiger charge is -2.26. The van der Waals surface area contributed by atoms with Gasteiger partial charge in [0.05, 0.1) is 11.0 Å². The van der Waals surface area contributed by atoms with E-state index in [1.807, 2.05) is 45.0 Å². The summed E-state index contributed by atoms with van der Waals surface area (Å²) in [7, 11) is 0. The van der Waals surface area contributed by atoms with Crippen LogP contribution in [-0.4, -0.2) is 24.7 Å². The van der Waals surface area contributed by atoms with Crippen molar-refractivity contribution in [3.05, 3.63) is 29.8 Å². The number of nitrogen functional groups attached to an aromatic ring is 1. The minimum absolute atomic E-state index is 0.0926. The van der Waals surface area contributed by atoms with Gasteiger partial charge in [-0.1, -0.05) is 12.1 Å². The Kier molecular flexibility index (Phi) is 4.04. The van der Waals surface area contributed by atoms with Gasteiger partial charge in [-0.25, -0.2) is 0 Å². The molecule has 4 heteroatoms. The highest BCUT2D eigenvalue weighted by Gasteiger charge is 2.51. The number of nitrogens with one attached hydrogen (secondary N) is 1. The number of carbonyl (C=O) groups excluding carboxylic acids is 1. The zero-order valence-corrected chi connectivity index (χ0v) is 12.5. The number of carbonyl (C=O) groups is 1. The second-order valence-electron chi connectivity index (χ2n) is 6.08. The van der Waals surface area contributed by atoms with Crippen LogP contribution in [0.2, 0.25) is 0 Å². The molecule has 1 aliphatic carbocycles. The van der Waals surface area contributed by atoms with E-state index in [0.717, 1.165) is 24.1 Å². The largest absolute Gasteiger partial charge is 0.399 e. The summed E-state index contributed by atoms with van der Waals surface area (Å²) in [6.45, 7) is 7.10. The zero-order valence-electron chi connectivity index (χ0n) is 12.5. The number of hydrogen-bond donors (Lipinski definition) is 2. The van der Waals surface area contributed by atoms with E-state index < -0.39 is 0 Å². The highest BCUT2D eigenvalue weighted by Crippen LogP contribution is 2.48. The molecule has 2 rings (SSSR count). The first-order valence-electron chi connectivity index (χ1n) is 7.18. The van der Waals surface area contributed by atoms with Crippen LogP contribution in [-0.2, 0) is 14.9 Å². The summed E-state index contributed by atoms with van der Waals surface area (Å²) in [4.78, 5) is 12.5. The van der Waals surface area contributed by atoms with Crippen LogP contribution in [0.3, 0.4) is 0 Å². The van der Waals surface area contributed by atoms with Crippen LogP contribution >= 0.6 is 0 Å². The van der Waals surface area contributed by atoms with E-state index in [-0.39, 0.29) is 16.9 Å². The average Bonchev–Trinajstić information content (AvgIpc) is 3.18. The molecule has 20 heavy (non-hydrogen) atoms. The first kappa shape index (κ1) is 14.9. The van der Waals surface area contributed by atoms with Crippen LogP contribution in [0, 0.1) is 0 Å². The molecule has 0 spiro atoms. The Bertz CT molecular complexity index is 476. The Labute approximate surface area is 120 Å². The van der Waals surface area contributed by atoms with E-state index in [1.165, 1.54) is 0 Å². The van der Waals surface area contributed by atoms with Gasteiger partial charge in [0.1, 0.15) is 0 Å². The molecule has 1 aromatic carbocycles. The first-order valence-corrected chi connectivity index (χ1v) is 7.18. The summed E-state index contributed by atoms with van der Waals surface area (Å²) in [5.41, 5.74) is 6.79. The number of rotatable bonds is 6. The van der Waals surface area contributed by atoms with Crippen LogP contribution in [0.25, 0.3) is 0 Å². The molecule has 3 N–H and O–H groups in total. The maximum absolute atomic E-state index is 12.5. The van der Waals surface area contributed by atoms with Crippen molar-refractivity contribution >= 4 is 11.6 Å². The fourth-order valence-electron chi connectivity index (χ4n) is 2.48. The van der Waals surface area contributed by atoms with Gasteiger partial charge >= 0.3 is 0 Å². The zero-order chi connectivity index (χ0) is 14.8. The number of hydrogen-bond acceptors (Lipinski definition) is 3. The molecule has 0 heterocycles. The van der Waals surface area contributed by atoms with Gasteiger partial charge in [-0.05, 0) is 51.3 Å². The second kappa shape index (κ2) is 5.44. The highest BCUT2D eigenvalue weighted by molar-refractivity contribution is 5.91. The number of benzene rings is 1. The molecule has 0 aliphatic heterocycles. The van der Waals surface area contributed by atoms with Crippen LogP contribution in [0.15, 0.2) is 24.3 Å². The summed E-state index contributed by atoms with van der Waals surface area (Å²) in [5.74, 6) is 0.0926. The molecule has 110 valence electrons. The van der Waals surface area contributed by atoms with E-state index in [0.29, 0.717) is 13.2 Å². The molecule has 1 saturated carbocycles. The highest BCUT2D eigenvalue weighted by atomic mass is 16.5. The molecule has 1 aliphatic rings. The van der Waals surface area contributed by atoms with Gasteiger partial charge in [0.15, 0.2) is 0 Å². The third-order valence-electron chi connectivity index (χ3n) is 3.86. The van der Waals surface area contributed by atoms with E-state index in [4.69, 9.17) is 10.5 Å². The maximum atomic E-state index is 12.5. The molecule has 0 aromatic heterocycles. The molecule has 1 aromatic rings. The van der Waals surface area contributed by atoms with E-state index >= 15 is 0 Å². The summed E-state index contributed by atoms with van der Waals surface area (Å²) in [5, 5.41) is 3.03. The van der Waals surface area contributed by atoms with Gasteiger partial charge in [0.25, 0.3) is 0 Å². The third kappa shape index (κ3) is 3.12. The lowest BCUT2D eigenvalue weighted by molar-refractivity contribution is -0.125. The van der Waals surface area contributed by atoms with E-state index in [2.05, 4.69) is 5.32 Å². The molecular weight excluding hydrogens is 252 g/mol. The van der Waals surface area contributed by atoms with Crippen molar-refractivity contribution in [2.75, 3.05) is 18.9 Å². The van der Waals surface area contributed by atoms with Crippen molar-refractivity contribution in [3.8, 4) is 0 Å². The molecule has 1 amide bonds. The quantitative estimate of drug-likeness (QED) is 0.783. The van der Waals surface area contributed by atoms with Gasteiger partial charge in [-0.3, -0.25) is 4.79 Å². The maximum Gasteiger partial charge on any atom is 0.230 e. The van der Waals surface area contributed by atoms with Crippen LogP contribution in [0.1, 0.15) is 39.2 Å². The normalized spacial score (nSPS) is 16.8. The lowest BCUT2D eigenvalue weighted by Crippen LogP contribution is -2.44. The fraction of sp³-hybridized carbons (Fsp3) is 0.562. The predicted octanol–water partition coefficient (Wildman–Crippen LogP) is 2.23. The Morgan fingerprint density at radius 2 is 1.95 bits per heavy atom. The van der Waals surface area contributed by atoms with Crippen molar-refractivity contribution in [2.24, 2.45) is 0 Å². The van der Waals surface area contributed by atoms with Crippen molar-refractivity contribution in [3.63, 3.8) is 0 Å². The van der Waals surface area contributed by atoms with Gasteiger partial charge in [0, 0.05) is 18.8 Å². The van der Waals surface area contributed by atoms with Crippen molar-refractivity contribution in [1.29, 1.82) is 0 Å². The van der Waals surface area contributed by atoms with Gasteiger partial charge in [-0.15, -0.1) is 0 Å². The van der Waals surface area contributed by atoms with Crippen LogP contribution in [0.5, 0.6) is 0 Å². The van der Waals surface area contributed by atoms with Crippen molar-refractivity contribution < 1.29 is 9.53 Å². The molecule has 0 atom stereocenters. The molecule has 1 fully saturated rings. The smallest absolute Gasteiger partial charge is 0.230 e. The Balaban J connectivity index is 2.00. The molecule has 0 radical (unpaired) electrons. The minimum Gasteiger partial charge on any atom is -0.399 e. The minimum atomic E-state index is -0.351. The summed E-state index contributed by atoms with van der Waals surface area (Å²) >= 11 is 0. The Morgan fingerprint density at radius 1 is 1.35 bits per heavy atom. The average molecular weight is 276 g/mol.